The van der Waals surface area contributed by atoms with Gasteiger partial charge in [0.05, 0.1) is 0 Å². The molecule has 0 bridgehead atoms. The molecule has 282 valence electrons. The van der Waals surface area contributed by atoms with Gasteiger partial charge in [-0.25, -0.2) is 0 Å². The zero-order chi connectivity index (χ0) is 39.1. The van der Waals surface area contributed by atoms with Crippen LogP contribution in [0.2, 0.25) is 0 Å². The normalized spacial score (nSPS) is 19.3. The van der Waals surface area contributed by atoms with Crippen LogP contribution in [0.3, 0.4) is 0 Å². The maximum atomic E-state index is 13.9. The largest absolute Gasteiger partial charge is 0.463 e. The Kier molecular flexibility index (Phi) is 12.5. The van der Waals surface area contributed by atoms with E-state index in [0.717, 1.165) is 47.6 Å². The van der Waals surface area contributed by atoms with Crippen LogP contribution in [0.1, 0.15) is 48.5 Å². The zero-order valence-electron chi connectivity index (χ0n) is 29.4. The second kappa shape index (κ2) is 16.8. The summed E-state index contributed by atoms with van der Waals surface area (Å²) >= 11 is 0. The van der Waals surface area contributed by atoms with Crippen LogP contribution in [0.25, 0.3) is 22.3 Å². The molecule has 53 heavy (non-hydrogen) atoms. The van der Waals surface area contributed by atoms with Gasteiger partial charge in [0.1, 0.15) is 40.9 Å². The number of carbonyl (C=O) groups is 7. The summed E-state index contributed by atoms with van der Waals surface area (Å²) in [7, 11) is 0. The first kappa shape index (κ1) is 39.5. The molecule has 2 heterocycles. The van der Waals surface area contributed by atoms with Crippen LogP contribution in [-0.2, 0) is 57.2 Å². The molecule has 3 aromatic rings. The summed E-state index contributed by atoms with van der Waals surface area (Å²) in [5, 5.41) is -0.356. The highest BCUT2D eigenvalue weighted by Gasteiger charge is 2.53. The highest BCUT2D eigenvalue weighted by molar-refractivity contribution is 5.91. The van der Waals surface area contributed by atoms with E-state index in [-0.39, 0.29) is 33.8 Å². The number of fused-ring (bicyclic) bond motifs is 1. The van der Waals surface area contributed by atoms with Gasteiger partial charge in [-0.3, -0.25) is 38.4 Å². The van der Waals surface area contributed by atoms with Crippen LogP contribution >= 0.6 is 0 Å². The SMILES string of the molecule is CC(=O)OCC1OC(Oc2cc(OC(C)=O)c3c(=O)c(OC(C)=O)c(-c4ccc(OC(C)=O)cc4)oc3c2)C(OC(C)=O)C(OC(C)=O)C1OC(C)=O. The number of benzene rings is 2. The lowest BCUT2D eigenvalue weighted by Gasteiger charge is -2.43. The second-order valence-electron chi connectivity index (χ2n) is 11.4. The number of hydrogen-bond acceptors (Lipinski definition) is 18. The highest BCUT2D eigenvalue weighted by Crippen LogP contribution is 2.39. The lowest BCUT2D eigenvalue weighted by Crippen LogP contribution is -2.63. The molecule has 2 aromatic carbocycles. The molecule has 0 aliphatic carbocycles. The van der Waals surface area contributed by atoms with E-state index in [1.807, 2.05) is 0 Å². The summed E-state index contributed by atoms with van der Waals surface area (Å²) < 4.78 is 55.1. The molecule has 1 saturated heterocycles. The van der Waals surface area contributed by atoms with Crippen LogP contribution in [0, 0.1) is 0 Å². The van der Waals surface area contributed by atoms with Crippen molar-refractivity contribution in [2.75, 3.05) is 6.61 Å². The van der Waals surface area contributed by atoms with Gasteiger partial charge in [-0.2, -0.15) is 0 Å². The number of rotatable bonds is 11. The summed E-state index contributed by atoms with van der Waals surface area (Å²) in [6.45, 7) is 7.02. The number of esters is 7. The van der Waals surface area contributed by atoms with E-state index in [1.54, 1.807) is 0 Å². The molecule has 0 radical (unpaired) electrons. The number of carbonyl (C=O) groups excluding carboxylic acids is 7. The minimum atomic E-state index is -1.71. The number of hydrogen-bond donors (Lipinski definition) is 0. The Balaban J connectivity index is 1.91. The predicted molar refractivity (Wildman–Crippen MR) is 174 cm³/mol. The van der Waals surface area contributed by atoms with Crippen LogP contribution in [0.4, 0.5) is 0 Å². The summed E-state index contributed by atoms with van der Waals surface area (Å²) in [6, 6.07) is 7.88. The van der Waals surface area contributed by atoms with E-state index in [0.29, 0.717) is 0 Å². The molecule has 0 N–H and O–H groups in total. The second-order valence-corrected chi connectivity index (χ2v) is 11.4. The van der Waals surface area contributed by atoms with Crippen LogP contribution in [0.15, 0.2) is 45.6 Å². The van der Waals surface area contributed by atoms with E-state index >= 15 is 0 Å². The molecule has 18 nitrogen and oxygen atoms in total. The van der Waals surface area contributed by atoms with Gasteiger partial charge in [0.2, 0.25) is 23.6 Å². The van der Waals surface area contributed by atoms with Crippen molar-refractivity contribution >= 4 is 52.8 Å². The molecule has 18 heteroatoms. The van der Waals surface area contributed by atoms with Gasteiger partial charge in [-0.1, -0.05) is 0 Å². The topological polar surface area (TPSA) is 233 Å². The molecule has 0 amide bonds. The predicted octanol–water partition coefficient (Wildman–Crippen LogP) is 2.70. The standard InChI is InChI=1S/C35H34O18/c1-15(36)44-14-27-31(47-18(4)39)33(49-20(6)41)34(50-21(7)42)35(53-27)51-24-12-25(46-17(3)38)28-26(13-24)52-30(32(29(28)43)48-19(5)40)22-8-10-23(11-9-22)45-16(2)37/h8-13,27,31,33-35H,14H2,1-7H3. The van der Waals surface area contributed by atoms with Gasteiger partial charge in [0.15, 0.2) is 18.0 Å². The van der Waals surface area contributed by atoms with E-state index in [1.165, 1.54) is 37.3 Å². The Morgan fingerprint density at radius 3 is 1.74 bits per heavy atom. The van der Waals surface area contributed by atoms with E-state index in [4.69, 9.17) is 47.0 Å². The average Bonchev–Trinajstić information content (AvgIpc) is 3.03. The monoisotopic (exact) mass is 742 g/mol. The maximum absolute atomic E-state index is 13.9. The minimum Gasteiger partial charge on any atom is -0.463 e. The fourth-order valence-electron chi connectivity index (χ4n) is 5.23. The zero-order valence-corrected chi connectivity index (χ0v) is 29.4. The first-order chi connectivity index (χ1) is 24.9. The summed E-state index contributed by atoms with van der Waals surface area (Å²) in [5.74, 6) is -7.02. The maximum Gasteiger partial charge on any atom is 0.308 e. The van der Waals surface area contributed by atoms with E-state index < -0.39 is 96.0 Å². The molecule has 1 fully saturated rings. The van der Waals surface area contributed by atoms with Crippen molar-refractivity contribution in [3.05, 3.63) is 46.6 Å². The van der Waals surface area contributed by atoms with Crippen molar-refractivity contribution in [1.82, 2.24) is 0 Å². The van der Waals surface area contributed by atoms with Crippen molar-refractivity contribution in [2.45, 2.75) is 79.2 Å². The van der Waals surface area contributed by atoms with Gasteiger partial charge in [-0.15, -0.1) is 0 Å². The molecule has 1 aliphatic heterocycles. The summed E-state index contributed by atoms with van der Waals surface area (Å²) in [6.07, 6.45) is -7.74. The van der Waals surface area contributed by atoms with Crippen LogP contribution < -0.4 is 24.4 Å². The quantitative estimate of drug-likeness (QED) is 0.156. The third kappa shape index (κ3) is 10.2. The Hall–Kier alpha value is -6.30. The Morgan fingerprint density at radius 1 is 0.623 bits per heavy atom. The van der Waals surface area contributed by atoms with Crippen molar-refractivity contribution in [1.29, 1.82) is 0 Å². The third-order valence-corrected chi connectivity index (χ3v) is 6.97. The highest BCUT2D eigenvalue weighted by atomic mass is 16.7. The number of ether oxygens (including phenoxy) is 9. The first-order valence-electron chi connectivity index (χ1n) is 15.7. The van der Waals surface area contributed by atoms with Crippen LogP contribution in [-0.4, -0.2) is 79.1 Å². The Labute approximate surface area is 300 Å². The van der Waals surface area contributed by atoms with Gasteiger partial charge in [-0.05, 0) is 24.3 Å². The van der Waals surface area contributed by atoms with Gasteiger partial charge >= 0.3 is 41.8 Å². The molecule has 1 aromatic heterocycles. The van der Waals surface area contributed by atoms with Gasteiger partial charge < -0.3 is 47.0 Å². The molecule has 0 saturated carbocycles. The molecular formula is C35H34O18. The van der Waals surface area contributed by atoms with E-state index in [2.05, 4.69) is 0 Å². The fourth-order valence-corrected chi connectivity index (χ4v) is 5.23. The smallest absolute Gasteiger partial charge is 0.308 e. The lowest BCUT2D eigenvalue weighted by atomic mass is 9.98. The average molecular weight is 743 g/mol. The molecular weight excluding hydrogens is 708 g/mol. The molecule has 0 spiro atoms. The summed E-state index contributed by atoms with van der Waals surface area (Å²) in [4.78, 5) is 98.0. The van der Waals surface area contributed by atoms with Gasteiger partial charge in [0.25, 0.3) is 0 Å². The molecule has 5 unspecified atom stereocenters. The van der Waals surface area contributed by atoms with Crippen LogP contribution in [0.5, 0.6) is 23.0 Å². The van der Waals surface area contributed by atoms with Crippen molar-refractivity contribution in [2.24, 2.45) is 0 Å². The fraction of sp³-hybridized carbons (Fsp3) is 0.371. The van der Waals surface area contributed by atoms with E-state index in [9.17, 15) is 38.4 Å². The van der Waals surface area contributed by atoms with Crippen molar-refractivity contribution < 1.29 is 80.6 Å². The van der Waals surface area contributed by atoms with Crippen molar-refractivity contribution in [3.63, 3.8) is 0 Å². The Morgan fingerprint density at radius 2 is 1.19 bits per heavy atom. The van der Waals surface area contributed by atoms with Crippen molar-refractivity contribution in [3.8, 4) is 34.3 Å². The first-order valence-corrected chi connectivity index (χ1v) is 15.7. The molecule has 4 rings (SSSR count). The van der Waals surface area contributed by atoms with Gasteiger partial charge in [0, 0.05) is 66.2 Å². The molecule has 1 aliphatic rings. The minimum absolute atomic E-state index is 0.163. The summed E-state index contributed by atoms with van der Waals surface area (Å²) in [5.41, 5.74) is -1.02. The third-order valence-electron chi connectivity index (χ3n) is 6.97. The lowest BCUT2D eigenvalue weighted by molar-refractivity contribution is -0.288. The Bertz CT molecular complexity index is 1990. The molecule has 5 atom stereocenters.